The number of halogens is 2. The molecule has 0 aliphatic heterocycles. The van der Waals surface area contributed by atoms with E-state index in [4.69, 9.17) is 0 Å². The number of anilines is 1. The summed E-state index contributed by atoms with van der Waals surface area (Å²) in [4.78, 5) is 28.4. The highest BCUT2D eigenvalue weighted by molar-refractivity contribution is 6.14. The summed E-state index contributed by atoms with van der Waals surface area (Å²) in [6, 6.07) is 9.74. The van der Waals surface area contributed by atoms with E-state index >= 15 is 0 Å². The number of hydrogen-bond donors (Lipinski definition) is 1. The van der Waals surface area contributed by atoms with Gasteiger partial charge in [0.2, 0.25) is 0 Å². The van der Waals surface area contributed by atoms with Gasteiger partial charge >= 0.3 is 0 Å². The molecule has 1 amide bonds. The number of carbonyl (C=O) groups excluding carboxylic acids is 2. The molecular formula is C18H12F2N2O2. The molecule has 0 radical (unpaired) electrons. The maximum absolute atomic E-state index is 13.7. The molecule has 24 heavy (non-hydrogen) atoms. The number of carbonyl (C=O) groups is 2. The van der Waals surface area contributed by atoms with Gasteiger partial charge in [-0.25, -0.2) is 8.78 Å². The molecule has 0 spiro atoms. The number of aldehydes is 1. The number of amides is 1. The lowest BCUT2D eigenvalue weighted by Gasteiger charge is -2.12. The summed E-state index contributed by atoms with van der Waals surface area (Å²) in [6.07, 6.45) is 0.576. The third-order valence-electron chi connectivity index (χ3n) is 3.64. The van der Waals surface area contributed by atoms with Crippen molar-refractivity contribution >= 4 is 28.8 Å². The van der Waals surface area contributed by atoms with Crippen molar-refractivity contribution < 1.29 is 18.4 Å². The first-order valence-electron chi connectivity index (χ1n) is 7.12. The molecule has 0 aliphatic rings. The first kappa shape index (κ1) is 15.7. The Hall–Kier alpha value is -3.15. The van der Waals surface area contributed by atoms with E-state index in [2.05, 4.69) is 10.3 Å². The Kier molecular flexibility index (Phi) is 4.04. The zero-order chi connectivity index (χ0) is 17.3. The van der Waals surface area contributed by atoms with E-state index in [1.807, 2.05) is 0 Å². The number of nitrogens with zero attached hydrogens (tertiary/aromatic N) is 1. The molecule has 3 aromatic rings. The summed E-state index contributed by atoms with van der Waals surface area (Å²) in [6.45, 7) is 1.59. The Morgan fingerprint density at radius 2 is 1.92 bits per heavy atom. The molecule has 0 aliphatic carbocycles. The quantitative estimate of drug-likeness (QED) is 0.743. The van der Waals surface area contributed by atoms with Gasteiger partial charge in [-0.1, -0.05) is 18.2 Å². The van der Waals surface area contributed by atoms with Crippen molar-refractivity contribution in [1.82, 2.24) is 4.98 Å². The summed E-state index contributed by atoms with van der Waals surface area (Å²) < 4.78 is 26.7. The second-order valence-electron chi connectivity index (χ2n) is 5.20. The number of pyridine rings is 1. The number of para-hydroxylation sites is 1. The second kappa shape index (κ2) is 6.16. The fourth-order valence-corrected chi connectivity index (χ4v) is 2.55. The van der Waals surface area contributed by atoms with Gasteiger partial charge in [0.15, 0.2) is 6.29 Å². The van der Waals surface area contributed by atoms with Gasteiger partial charge in [0.05, 0.1) is 22.5 Å². The minimum absolute atomic E-state index is 0.0624. The smallest absolute Gasteiger partial charge is 0.258 e. The van der Waals surface area contributed by atoms with Crippen LogP contribution in [0.1, 0.15) is 26.4 Å². The largest absolute Gasteiger partial charge is 0.319 e. The minimum Gasteiger partial charge on any atom is -0.319 e. The average molecular weight is 326 g/mol. The van der Waals surface area contributed by atoms with Crippen molar-refractivity contribution in [3.05, 3.63) is 70.9 Å². The number of aryl methyl sites for hydroxylation is 1. The van der Waals surface area contributed by atoms with Gasteiger partial charge in [-0.15, -0.1) is 0 Å². The lowest BCUT2D eigenvalue weighted by molar-refractivity contribution is 0.101. The van der Waals surface area contributed by atoms with Gasteiger partial charge in [0, 0.05) is 17.0 Å². The molecule has 0 fully saturated rings. The molecule has 6 heteroatoms. The van der Waals surface area contributed by atoms with E-state index in [0.717, 1.165) is 12.1 Å². The molecule has 0 atom stereocenters. The number of nitrogens with one attached hydrogen (secondary N) is 1. The van der Waals surface area contributed by atoms with E-state index in [1.165, 1.54) is 0 Å². The molecule has 1 heterocycles. The summed E-state index contributed by atoms with van der Waals surface area (Å²) in [5.74, 6) is -2.33. The van der Waals surface area contributed by atoms with Crippen LogP contribution in [0.2, 0.25) is 0 Å². The third kappa shape index (κ3) is 2.74. The van der Waals surface area contributed by atoms with Gasteiger partial charge in [0.1, 0.15) is 11.6 Å². The van der Waals surface area contributed by atoms with Crippen LogP contribution in [-0.4, -0.2) is 17.2 Å². The first-order valence-corrected chi connectivity index (χ1v) is 7.12. The van der Waals surface area contributed by atoms with Crippen LogP contribution in [0.4, 0.5) is 14.5 Å². The van der Waals surface area contributed by atoms with Crippen LogP contribution in [0.15, 0.2) is 42.5 Å². The fourth-order valence-electron chi connectivity index (χ4n) is 2.55. The fraction of sp³-hybridized carbons (Fsp3) is 0.0556. The zero-order valence-corrected chi connectivity index (χ0v) is 12.6. The molecule has 0 unspecified atom stereocenters. The highest BCUT2D eigenvalue weighted by Crippen LogP contribution is 2.24. The van der Waals surface area contributed by atoms with Crippen LogP contribution < -0.4 is 5.32 Å². The SMILES string of the molecule is Cc1nc2ccccc2c(C=O)c1C(=O)Nc1ccc(F)cc1F. The van der Waals surface area contributed by atoms with Crippen molar-refractivity contribution in [2.45, 2.75) is 6.92 Å². The standard InChI is InChI=1S/C18H12F2N2O2/c1-10-17(13(9-23)12-4-2-3-5-15(12)21-10)18(24)22-16-7-6-11(19)8-14(16)20/h2-9H,1H3,(H,22,24). The first-order chi connectivity index (χ1) is 11.5. The molecule has 2 aromatic carbocycles. The van der Waals surface area contributed by atoms with Crippen molar-refractivity contribution in [3.8, 4) is 0 Å². The zero-order valence-electron chi connectivity index (χ0n) is 12.6. The van der Waals surface area contributed by atoms with Gasteiger partial charge < -0.3 is 5.32 Å². The summed E-state index contributed by atoms with van der Waals surface area (Å²) in [5, 5.41) is 2.88. The average Bonchev–Trinajstić information content (AvgIpc) is 2.56. The Morgan fingerprint density at radius 1 is 1.17 bits per heavy atom. The van der Waals surface area contributed by atoms with Crippen LogP contribution in [-0.2, 0) is 0 Å². The lowest BCUT2D eigenvalue weighted by atomic mass is 10.0. The maximum Gasteiger partial charge on any atom is 0.258 e. The van der Waals surface area contributed by atoms with Gasteiger partial charge in [-0.2, -0.15) is 0 Å². The molecule has 1 N–H and O–H groups in total. The van der Waals surface area contributed by atoms with Gasteiger partial charge in [-0.05, 0) is 25.1 Å². The Morgan fingerprint density at radius 3 is 2.62 bits per heavy atom. The van der Waals surface area contributed by atoms with Crippen LogP contribution in [0.25, 0.3) is 10.9 Å². The van der Waals surface area contributed by atoms with E-state index < -0.39 is 17.5 Å². The summed E-state index contributed by atoms with van der Waals surface area (Å²) >= 11 is 0. The lowest BCUT2D eigenvalue weighted by Crippen LogP contribution is -2.18. The summed E-state index contributed by atoms with van der Waals surface area (Å²) in [5.41, 5.74) is 0.994. The molecule has 1 aromatic heterocycles. The van der Waals surface area contributed by atoms with E-state index in [9.17, 15) is 18.4 Å². The van der Waals surface area contributed by atoms with Crippen LogP contribution >= 0.6 is 0 Å². The van der Waals surface area contributed by atoms with Gasteiger partial charge in [0.25, 0.3) is 5.91 Å². The van der Waals surface area contributed by atoms with Crippen LogP contribution in [0.3, 0.4) is 0 Å². The molecule has 0 saturated heterocycles. The van der Waals surface area contributed by atoms with Gasteiger partial charge in [-0.3, -0.25) is 14.6 Å². The third-order valence-corrected chi connectivity index (χ3v) is 3.64. The van der Waals surface area contributed by atoms with Crippen molar-refractivity contribution in [2.75, 3.05) is 5.32 Å². The van der Waals surface area contributed by atoms with E-state index in [1.54, 1.807) is 31.2 Å². The van der Waals surface area contributed by atoms with E-state index in [-0.39, 0.29) is 16.8 Å². The molecule has 3 rings (SSSR count). The molecule has 4 nitrogen and oxygen atoms in total. The normalized spacial score (nSPS) is 10.6. The predicted molar refractivity (Wildman–Crippen MR) is 86.2 cm³/mol. The molecule has 120 valence electrons. The number of fused-ring (bicyclic) bond motifs is 1. The minimum atomic E-state index is -0.901. The number of rotatable bonds is 3. The Bertz CT molecular complexity index is 971. The topological polar surface area (TPSA) is 59.1 Å². The Balaban J connectivity index is 2.09. The van der Waals surface area contributed by atoms with E-state index in [0.29, 0.717) is 28.9 Å². The van der Waals surface area contributed by atoms with Crippen LogP contribution in [0, 0.1) is 18.6 Å². The van der Waals surface area contributed by atoms with Crippen molar-refractivity contribution in [2.24, 2.45) is 0 Å². The maximum atomic E-state index is 13.7. The molecule has 0 saturated carbocycles. The van der Waals surface area contributed by atoms with Crippen molar-refractivity contribution in [1.29, 1.82) is 0 Å². The number of benzene rings is 2. The highest BCUT2D eigenvalue weighted by atomic mass is 19.1. The number of hydrogen-bond acceptors (Lipinski definition) is 3. The van der Waals surface area contributed by atoms with Crippen molar-refractivity contribution in [3.63, 3.8) is 0 Å². The molecule has 0 bridgehead atoms. The second-order valence-corrected chi connectivity index (χ2v) is 5.20. The predicted octanol–water partition coefficient (Wildman–Crippen LogP) is 3.89. The monoisotopic (exact) mass is 326 g/mol. The summed E-state index contributed by atoms with van der Waals surface area (Å²) in [7, 11) is 0. The highest BCUT2D eigenvalue weighted by Gasteiger charge is 2.19. The Labute approximate surface area is 136 Å². The number of aromatic nitrogens is 1. The van der Waals surface area contributed by atoms with Crippen LogP contribution in [0.5, 0.6) is 0 Å². The molecular weight excluding hydrogens is 314 g/mol.